The molecule has 0 aromatic heterocycles. The summed E-state index contributed by atoms with van der Waals surface area (Å²) >= 11 is 0. The van der Waals surface area contributed by atoms with Crippen LogP contribution in [-0.4, -0.2) is 36.5 Å². The zero-order chi connectivity index (χ0) is 14.7. The highest BCUT2D eigenvalue weighted by Crippen LogP contribution is 2.28. The normalized spacial score (nSPS) is 19.8. The van der Waals surface area contributed by atoms with Crippen LogP contribution in [0.15, 0.2) is 24.3 Å². The van der Waals surface area contributed by atoms with E-state index >= 15 is 0 Å². The number of carbonyl (C=O) groups is 1. The fourth-order valence-corrected chi connectivity index (χ4v) is 2.92. The second-order valence-corrected chi connectivity index (χ2v) is 6.31. The van der Waals surface area contributed by atoms with Crippen molar-refractivity contribution in [3.63, 3.8) is 0 Å². The number of amides is 1. The topological polar surface area (TPSA) is 32.3 Å². The van der Waals surface area contributed by atoms with Gasteiger partial charge < -0.3 is 10.2 Å². The van der Waals surface area contributed by atoms with Crippen molar-refractivity contribution >= 4 is 5.91 Å². The number of benzene rings is 1. The van der Waals surface area contributed by atoms with Gasteiger partial charge >= 0.3 is 0 Å². The second kappa shape index (κ2) is 6.56. The number of halogens is 1. The van der Waals surface area contributed by atoms with Crippen LogP contribution in [0, 0.1) is 11.7 Å². The Hall–Kier alpha value is -1.42. The average Bonchev–Trinajstić information content (AvgIpc) is 3.30. The van der Waals surface area contributed by atoms with Crippen molar-refractivity contribution in [2.75, 3.05) is 19.6 Å². The van der Waals surface area contributed by atoms with Crippen molar-refractivity contribution in [1.29, 1.82) is 0 Å². The van der Waals surface area contributed by atoms with Crippen LogP contribution in [0.5, 0.6) is 0 Å². The van der Waals surface area contributed by atoms with E-state index in [0.717, 1.165) is 44.0 Å². The lowest BCUT2D eigenvalue weighted by molar-refractivity contribution is -0.131. The Morgan fingerprint density at radius 1 is 1.24 bits per heavy atom. The monoisotopic (exact) mass is 290 g/mol. The standard InChI is InChI=1S/C17H23FN2O/c18-15-3-1-2-14(10-15)11-17(21)20-8-6-16(7-9-20)19-12-13-4-5-13/h1-3,10,13,16,19H,4-9,11-12H2. The number of nitrogens with one attached hydrogen (secondary N) is 1. The highest BCUT2D eigenvalue weighted by Gasteiger charge is 2.25. The fourth-order valence-electron chi connectivity index (χ4n) is 2.92. The maximum Gasteiger partial charge on any atom is 0.226 e. The summed E-state index contributed by atoms with van der Waals surface area (Å²) in [6, 6.07) is 6.88. The SMILES string of the molecule is O=C(Cc1cccc(F)c1)N1CCC(NCC2CC2)CC1. The Kier molecular flexibility index (Phi) is 4.54. The zero-order valence-corrected chi connectivity index (χ0v) is 12.4. The summed E-state index contributed by atoms with van der Waals surface area (Å²) in [4.78, 5) is 14.2. The zero-order valence-electron chi connectivity index (χ0n) is 12.4. The van der Waals surface area contributed by atoms with Gasteiger partial charge in [0.25, 0.3) is 0 Å². The third-order valence-electron chi connectivity index (χ3n) is 4.48. The van der Waals surface area contributed by atoms with E-state index in [1.807, 2.05) is 11.0 Å². The predicted molar refractivity (Wildman–Crippen MR) is 80.4 cm³/mol. The molecule has 3 rings (SSSR count). The van der Waals surface area contributed by atoms with Crippen LogP contribution in [0.1, 0.15) is 31.2 Å². The lowest BCUT2D eigenvalue weighted by atomic mass is 10.0. The maximum absolute atomic E-state index is 13.1. The van der Waals surface area contributed by atoms with Crippen LogP contribution in [0.4, 0.5) is 4.39 Å². The summed E-state index contributed by atoms with van der Waals surface area (Å²) < 4.78 is 13.1. The van der Waals surface area contributed by atoms with Crippen molar-refractivity contribution in [3.8, 4) is 0 Å². The summed E-state index contributed by atoms with van der Waals surface area (Å²) in [5, 5.41) is 3.61. The number of carbonyl (C=O) groups excluding carboxylic acids is 1. The Bertz CT molecular complexity index is 493. The number of nitrogens with zero attached hydrogens (tertiary/aromatic N) is 1. The van der Waals surface area contributed by atoms with Crippen molar-refractivity contribution in [3.05, 3.63) is 35.6 Å². The Morgan fingerprint density at radius 2 is 2.00 bits per heavy atom. The van der Waals surface area contributed by atoms with Crippen LogP contribution in [-0.2, 0) is 11.2 Å². The van der Waals surface area contributed by atoms with Crippen molar-refractivity contribution in [2.45, 2.75) is 38.1 Å². The smallest absolute Gasteiger partial charge is 0.226 e. The van der Waals surface area contributed by atoms with Crippen LogP contribution < -0.4 is 5.32 Å². The molecule has 2 aliphatic rings. The maximum atomic E-state index is 13.1. The fraction of sp³-hybridized carbons (Fsp3) is 0.588. The molecule has 1 saturated heterocycles. The third-order valence-corrected chi connectivity index (χ3v) is 4.48. The molecule has 1 saturated carbocycles. The molecule has 0 bridgehead atoms. The van der Waals surface area contributed by atoms with Gasteiger partial charge in [-0.3, -0.25) is 4.79 Å². The molecule has 1 aromatic rings. The van der Waals surface area contributed by atoms with Gasteiger partial charge in [-0.1, -0.05) is 12.1 Å². The minimum Gasteiger partial charge on any atom is -0.342 e. The quantitative estimate of drug-likeness (QED) is 0.903. The van der Waals surface area contributed by atoms with Crippen LogP contribution in [0.2, 0.25) is 0 Å². The summed E-state index contributed by atoms with van der Waals surface area (Å²) in [6.45, 7) is 2.77. The van der Waals surface area contributed by atoms with E-state index in [9.17, 15) is 9.18 Å². The Balaban J connectivity index is 1.43. The Labute approximate surface area is 125 Å². The molecule has 2 fully saturated rings. The number of hydrogen-bond acceptors (Lipinski definition) is 2. The number of likely N-dealkylation sites (tertiary alicyclic amines) is 1. The molecule has 4 heteroatoms. The minimum absolute atomic E-state index is 0.112. The van der Waals surface area contributed by atoms with Gasteiger partial charge in [0.15, 0.2) is 0 Å². The van der Waals surface area contributed by atoms with Gasteiger partial charge in [-0.2, -0.15) is 0 Å². The first-order chi connectivity index (χ1) is 10.2. The van der Waals surface area contributed by atoms with Gasteiger partial charge in [0.2, 0.25) is 5.91 Å². The van der Waals surface area contributed by atoms with E-state index in [1.165, 1.54) is 25.0 Å². The molecule has 1 aliphatic carbocycles. The first-order valence-electron chi connectivity index (χ1n) is 7.96. The van der Waals surface area contributed by atoms with Crippen molar-refractivity contribution in [2.24, 2.45) is 5.92 Å². The van der Waals surface area contributed by atoms with Crippen LogP contribution in [0.25, 0.3) is 0 Å². The molecule has 0 atom stereocenters. The molecule has 21 heavy (non-hydrogen) atoms. The third kappa shape index (κ3) is 4.27. The van der Waals surface area contributed by atoms with E-state index in [2.05, 4.69) is 5.32 Å². The molecule has 1 amide bonds. The van der Waals surface area contributed by atoms with Gasteiger partial charge in [0.05, 0.1) is 6.42 Å². The van der Waals surface area contributed by atoms with E-state index in [1.54, 1.807) is 6.07 Å². The van der Waals surface area contributed by atoms with E-state index in [0.29, 0.717) is 12.5 Å². The lowest BCUT2D eigenvalue weighted by Crippen LogP contribution is -2.45. The predicted octanol–water partition coefficient (Wildman–Crippen LogP) is 2.36. The minimum atomic E-state index is -0.275. The molecule has 114 valence electrons. The van der Waals surface area contributed by atoms with Gasteiger partial charge in [0.1, 0.15) is 5.82 Å². The molecule has 0 unspecified atom stereocenters. The largest absolute Gasteiger partial charge is 0.342 e. The van der Waals surface area contributed by atoms with E-state index < -0.39 is 0 Å². The van der Waals surface area contributed by atoms with Crippen LogP contribution >= 0.6 is 0 Å². The summed E-state index contributed by atoms with van der Waals surface area (Å²) in [6.07, 6.45) is 5.11. The number of hydrogen-bond donors (Lipinski definition) is 1. The van der Waals surface area contributed by atoms with Gasteiger partial charge in [-0.25, -0.2) is 4.39 Å². The van der Waals surface area contributed by atoms with Crippen molar-refractivity contribution < 1.29 is 9.18 Å². The molecular weight excluding hydrogens is 267 g/mol. The first kappa shape index (κ1) is 14.5. The van der Waals surface area contributed by atoms with E-state index in [-0.39, 0.29) is 11.7 Å². The molecule has 1 aromatic carbocycles. The highest BCUT2D eigenvalue weighted by atomic mass is 19.1. The van der Waals surface area contributed by atoms with Gasteiger partial charge in [-0.05, 0) is 55.8 Å². The molecule has 1 heterocycles. The summed E-state index contributed by atoms with van der Waals surface area (Å²) in [5.74, 6) is 0.738. The Morgan fingerprint density at radius 3 is 2.67 bits per heavy atom. The summed E-state index contributed by atoms with van der Waals surface area (Å²) in [5.41, 5.74) is 0.758. The number of rotatable bonds is 5. The molecular formula is C17H23FN2O. The lowest BCUT2D eigenvalue weighted by Gasteiger charge is -2.32. The molecule has 0 spiro atoms. The average molecular weight is 290 g/mol. The molecule has 1 aliphatic heterocycles. The summed E-state index contributed by atoms with van der Waals surface area (Å²) in [7, 11) is 0. The molecule has 3 nitrogen and oxygen atoms in total. The first-order valence-corrected chi connectivity index (χ1v) is 7.96. The molecule has 0 radical (unpaired) electrons. The molecule has 1 N–H and O–H groups in total. The van der Waals surface area contributed by atoms with Gasteiger partial charge in [-0.15, -0.1) is 0 Å². The highest BCUT2D eigenvalue weighted by molar-refractivity contribution is 5.78. The van der Waals surface area contributed by atoms with Crippen molar-refractivity contribution in [1.82, 2.24) is 10.2 Å². The second-order valence-electron chi connectivity index (χ2n) is 6.31. The van der Waals surface area contributed by atoms with Gasteiger partial charge in [0, 0.05) is 19.1 Å². The van der Waals surface area contributed by atoms with E-state index in [4.69, 9.17) is 0 Å². The number of piperidine rings is 1. The van der Waals surface area contributed by atoms with Crippen LogP contribution in [0.3, 0.4) is 0 Å².